The molecule has 0 fully saturated rings. The van der Waals surface area contributed by atoms with Gasteiger partial charge >= 0.3 is 0 Å². The maximum atomic E-state index is 4.79. The molecule has 3 heteroatoms. The van der Waals surface area contributed by atoms with Gasteiger partial charge in [-0.15, -0.1) is 0 Å². The minimum absolute atomic E-state index is 0.300. The summed E-state index contributed by atoms with van der Waals surface area (Å²) in [5, 5.41) is 0.300. The van der Waals surface area contributed by atoms with Crippen LogP contribution < -0.4 is 5.57 Å². The molecule has 0 saturated heterocycles. The maximum Gasteiger partial charge on any atom is 0.130 e. The number of nitrogens with zero attached hydrogens (tertiary/aromatic N) is 2. The second-order valence-electron chi connectivity index (χ2n) is 5.76. The molecule has 0 N–H and O–H groups in total. The highest BCUT2D eigenvalue weighted by Crippen LogP contribution is 2.31. The van der Waals surface area contributed by atoms with Gasteiger partial charge < -0.3 is 4.57 Å². The number of para-hydroxylation sites is 2. The fraction of sp³-hybridized carbons (Fsp3) is 0.500. The van der Waals surface area contributed by atoms with Crippen LogP contribution in [-0.2, 0) is 0 Å². The van der Waals surface area contributed by atoms with Gasteiger partial charge in [-0.1, -0.05) is 32.9 Å². The largest absolute Gasteiger partial charge is 0.322 e. The van der Waals surface area contributed by atoms with E-state index in [4.69, 9.17) is 4.98 Å². The average Bonchev–Trinajstić information content (AvgIpc) is 2.51. The van der Waals surface area contributed by atoms with Crippen molar-refractivity contribution in [2.75, 3.05) is 0 Å². The van der Waals surface area contributed by atoms with Crippen LogP contribution in [0.25, 0.3) is 11.0 Å². The molecule has 92 valence electrons. The summed E-state index contributed by atoms with van der Waals surface area (Å²) >= 11 is 0. The molecule has 0 bridgehead atoms. The lowest BCUT2D eigenvalue weighted by molar-refractivity contribution is 0.632. The van der Waals surface area contributed by atoms with Gasteiger partial charge in [-0.2, -0.15) is 0 Å². The minimum atomic E-state index is 0.300. The van der Waals surface area contributed by atoms with Crippen LogP contribution in [0, 0.1) is 0 Å². The van der Waals surface area contributed by atoms with Gasteiger partial charge in [-0.3, -0.25) is 0 Å². The zero-order chi connectivity index (χ0) is 12.6. The first-order valence-corrected chi connectivity index (χ1v) is 7.13. The Hall–Kier alpha value is -0.880. The van der Waals surface area contributed by atoms with Crippen molar-refractivity contribution >= 4 is 25.2 Å². The molecule has 2 aromatic rings. The van der Waals surface area contributed by atoms with Crippen molar-refractivity contribution in [1.29, 1.82) is 0 Å². The Bertz CT molecular complexity index is 520. The number of hydrogen-bond acceptors (Lipinski definition) is 1. The van der Waals surface area contributed by atoms with Gasteiger partial charge in [0, 0.05) is 6.04 Å². The Balaban J connectivity index is 2.58. The summed E-state index contributed by atoms with van der Waals surface area (Å²) in [5.74, 6) is 0. The van der Waals surface area contributed by atoms with Gasteiger partial charge in [0.1, 0.15) is 5.57 Å². The molecule has 0 aliphatic rings. The van der Waals surface area contributed by atoms with E-state index in [-0.39, 0.29) is 0 Å². The van der Waals surface area contributed by atoms with E-state index in [1.807, 2.05) is 0 Å². The molecule has 2 rings (SSSR count). The van der Waals surface area contributed by atoms with E-state index in [0.717, 1.165) is 14.1 Å². The first-order chi connectivity index (χ1) is 7.88. The van der Waals surface area contributed by atoms with Gasteiger partial charge in [0.15, 0.2) is 0 Å². The Kier molecular flexibility index (Phi) is 3.27. The van der Waals surface area contributed by atoms with Gasteiger partial charge in [-0.05, 0) is 39.7 Å². The summed E-state index contributed by atoms with van der Waals surface area (Å²) in [5.41, 5.74) is 3.61. The summed E-state index contributed by atoms with van der Waals surface area (Å²) in [7, 11) is 0.741. The van der Waals surface area contributed by atoms with E-state index in [0.29, 0.717) is 11.2 Å². The quantitative estimate of drug-likeness (QED) is 0.741. The van der Waals surface area contributed by atoms with Crippen molar-refractivity contribution in [3.8, 4) is 0 Å². The zero-order valence-electron chi connectivity index (χ0n) is 11.3. The van der Waals surface area contributed by atoms with Gasteiger partial charge in [0.2, 0.25) is 0 Å². The van der Waals surface area contributed by atoms with Crippen LogP contribution >= 0.6 is 8.58 Å². The molecular formula is C14H21N2P. The van der Waals surface area contributed by atoms with Crippen molar-refractivity contribution in [2.45, 2.75) is 45.8 Å². The summed E-state index contributed by atoms with van der Waals surface area (Å²) in [6, 6.07) is 8.88. The van der Waals surface area contributed by atoms with Crippen molar-refractivity contribution < 1.29 is 0 Å². The Morgan fingerprint density at radius 3 is 2.41 bits per heavy atom. The fourth-order valence-corrected chi connectivity index (χ4v) is 3.34. The van der Waals surface area contributed by atoms with Crippen LogP contribution in [0.2, 0.25) is 0 Å². The average molecular weight is 248 g/mol. The van der Waals surface area contributed by atoms with E-state index in [1.165, 1.54) is 11.1 Å². The highest BCUT2D eigenvalue weighted by Gasteiger charge is 2.18. The van der Waals surface area contributed by atoms with Crippen LogP contribution in [0.1, 0.15) is 40.7 Å². The van der Waals surface area contributed by atoms with Crippen molar-refractivity contribution in [2.24, 2.45) is 0 Å². The fourth-order valence-electron chi connectivity index (χ4n) is 1.99. The standard InChI is InChI=1S/C14H21N2P/c1-10(2)16-12-9-7-6-8-11(12)15-13(16)17-14(3,4)5/h6-10,17H,1-5H3. The van der Waals surface area contributed by atoms with E-state index >= 15 is 0 Å². The van der Waals surface area contributed by atoms with Crippen LogP contribution in [-0.4, -0.2) is 14.7 Å². The molecule has 0 spiro atoms. The molecule has 17 heavy (non-hydrogen) atoms. The molecule has 1 aromatic carbocycles. The van der Waals surface area contributed by atoms with Gasteiger partial charge in [0.25, 0.3) is 0 Å². The molecule has 1 atom stereocenters. The molecule has 0 aliphatic heterocycles. The number of aromatic nitrogens is 2. The Morgan fingerprint density at radius 2 is 1.82 bits per heavy atom. The molecule has 0 aliphatic carbocycles. The normalized spacial score (nSPS) is 13.3. The third kappa shape index (κ3) is 2.69. The minimum Gasteiger partial charge on any atom is -0.322 e. The lowest BCUT2D eigenvalue weighted by Gasteiger charge is -2.20. The first-order valence-electron chi connectivity index (χ1n) is 6.13. The summed E-state index contributed by atoms with van der Waals surface area (Å²) < 4.78 is 2.37. The monoisotopic (exact) mass is 248 g/mol. The van der Waals surface area contributed by atoms with Gasteiger partial charge in [0.05, 0.1) is 11.0 Å². The molecular weight excluding hydrogens is 227 g/mol. The Labute approximate surface area is 105 Å². The molecule has 1 unspecified atom stereocenters. The topological polar surface area (TPSA) is 17.8 Å². The second-order valence-corrected chi connectivity index (χ2v) is 7.96. The highest BCUT2D eigenvalue weighted by atomic mass is 31.1. The van der Waals surface area contributed by atoms with Crippen LogP contribution in [0.5, 0.6) is 0 Å². The van der Waals surface area contributed by atoms with Crippen LogP contribution in [0.3, 0.4) is 0 Å². The molecule has 1 aromatic heterocycles. The number of benzene rings is 1. The van der Waals surface area contributed by atoms with E-state index in [1.54, 1.807) is 0 Å². The molecule has 0 radical (unpaired) electrons. The van der Waals surface area contributed by atoms with E-state index in [9.17, 15) is 0 Å². The highest BCUT2D eigenvalue weighted by molar-refractivity contribution is 7.48. The summed E-state index contributed by atoms with van der Waals surface area (Å²) in [4.78, 5) is 4.79. The lowest BCUT2D eigenvalue weighted by Crippen LogP contribution is -2.21. The number of hydrogen-bond donors (Lipinski definition) is 0. The molecule has 1 heterocycles. The smallest absolute Gasteiger partial charge is 0.130 e. The number of imidazole rings is 1. The SMILES string of the molecule is CC(C)n1c(PC(C)(C)C)nc2ccccc21. The summed E-state index contributed by atoms with van der Waals surface area (Å²) in [6.45, 7) is 11.3. The maximum absolute atomic E-state index is 4.79. The van der Waals surface area contributed by atoms with Crippen LogP contribution in [0.4, 0.5) is 0 Å². The van der Waals surface area contributed by atoms with Crippen molar-refractivity contribution in [1.82, 2.24) is 9.55 Å². The third-order valence-corrected chi connectivity index (χ3v) is 3.93. The number of rotatable bonds is 2. The molecule has 0 amide bonds. The molecule has 2 nitrogen and oxygen atoms in total. The van der Waals surface area contributed by atoms with Crippen molar-refractivity contribution in [3.63, 3.8) is 0 Å². The molecule has 0 saturated carbocycles. The van der Waals surface area contributed by atoms with E-state index in [2.05, 4.69) is 63.5 Å². The third-order valence-electron chi connectivity index (χ3n) is 2.60. The Morgan fingerprint density at radius 1 is 1.18 bits per heavy atom. The van der Waals surface area contributed by atoms with Gasteiger partial charge in [-0.25, -0.2) is 4.98 Å². The number of fused-ring (bicyclic) bond motifs is 1. The first kappa shape index (κ1) is 12.6. The predicted molar refractivity (Wildman–Crippen MR) is 77.8 cm³/mol. The zero-order valence-corrected chi connectivity index (χ0v) is 12.3. The lowest BCUT2D eigenvalue weighted by atomic mass is 10.3. The second kappa shape index (κ2) is 4.42. The van der Waals surface area contributed by atoms with Crippen LogP contribution in [0.15, 0.2) is 24.3 Å². The summed E-state index contributed by atoms with van der Waals surface area (Å²) in [6.07, 6.45) is 0. The predicted octanol–water partition coefficient (Wildman–Crippen LogP) is 3.72. The van der Waals surface area contributed by atoms with E-state index < -0.39 is 0 Å². The van der Waals surface area contributed by atoms with Crippen molar-refractivity contribution in [3.05, 3.63) is 24.3 Å².